The molecule has 1 unspecified atom stereocenters. The van der Waals surface area contributed by atoms with Crippen molar-refractivity contribution in [3.8, 4) is 0 Å². The second kappa shape index (κ2) is 7.56. The summed E-state index contributed by atoms with van der Waals surface area (Å²) < 4.78 is 120. The standard InChI is InChI=1S/C15H13F9O3/c1-2-27-11(26)9-5-3-4-8(6-9)10(25)7-12(16,17)13(18,19)14(20,21)15(22,23)24/h3-6,10,25H,2,7H2,1H3. The van der Waals surface area contributed by atoms with Crippen molar-refractivity contribution in [3.63, 3.8) is 0 Å². The predicted molar refractivity (Wildman–Crippen MR) is 72.9 cm³/mol. The Morgan fingerprint density at radius 3 is 2.07 bits per heavy atom. The van der Waals surface area contributed by atoms with E-state index in [-0.39, 0.29) is 12.2 Å². The Hall–Kier alpha value is -1.98. The van der Waals surface area contributed by atoms with E-state index in [1.54, 1.807) is 0 Å². The number of halogens is 9. The lowest BCUT2D eigenvalue weighted by molar-refractivity contribution is -0.398. The van der Waals surface area contributed by atoms with Gasteiger partial charge in [0.15, 0.2) is 0 Å². The molecule has 1 aromatic rings. The highest BCUT2D eigenvalue weighted by molar-refractivity contribution is 5.89. The van der Waals surface area contributed by atoms with Crippen LogP contribution in [0, 0.1) is 0 Å². The molecule has 0 fully saturated rings. The van der Waals surface area contributed by atoms with Crippen LogP contribution in [0.2, 0.25) is 0 Å². The van der Waals surface area contributed by atoms with E-state index in [0.717, 1.165) is 24.3 Å². The van der Waals surface area contributed by atoms with Gasteiger partial charge in [0.25, 0.3) is 0 Å². The number of esters is 1. The van der Waals surface area contributed by atoms with Crippen LogP contribution in [0.15, 0.2) is 24.3 Å². The summed E-state index contributed by atoms with van der Waals surface area (Å²) in [5.41, 5.74) is -0.851. The van der Waals surface area contributed by atoms with E-state index in [0.29, 0.717) is 0 Å². The number of hydrogen-bond acceptors (Lipinski definition) is 3. The van der Waals surface area contributed by atoms with Gasteiger partial charge < -0.3 is 9.84 Å². The van der Waals surface area contributed by atoms with Gasteiger partial charge in [0, 0.05) is 6.42 Å². The molecule has 0 radical (unpaired) electrons. The van der Waals surface area contributed by atoms with Crippen LogP contribution >= 0.6 is 0 Å². The largest absolute Gasteiger partial charge is 0.462 e. The van der Waals surface area contributed by atoms with E-state index < -0.39 is 48.0 Å². The summed E-state index contributed by atoms with van der Waals surface area (Å²) in [6, 6.07) is 3.83. The molecule has 0 amide bonds. The predicted octanol–water partition coefficient (Wildman–Crippen LogP) is 4.76. The molecule has 1 atom stereocenters. The Morgan fingerprint density at radius 2 is 1.59 bits per heavy atom. The molecular weight excluding hydrogens is 399 g/mol. The van der Waals surface area contributed by atoms with E-state index in [4.69, 9.17) is 0 Å². The molecule has 1 rings (SSSR count). The van der Waals surface area contributed by atoms with Gasteiger partial charge in [-0.3, -0.25) is 0 Å². The molecule has 27 heavy (non-hydrogen) atoms. The zero-order chi connectivity index (χ0) is 21.3. The summed E-state index contributed by atoms with van der Waals surface area (Å²) in [4.78, 5) is 11.5. The molecule has 0 aromatic heterocycles. The third-order valence-corrected chi connectivity index (χ3v) is 3.44. The van der Waals surface area contributed by atoms with Gasteiger partial charge in [-0.15, -0.1) is 0 Å². The highest BCUT2D eigenvalue weighted by Gasteiger charge is 2.81. The average Bonchev–Trinajstić information content (AvgIpc) is 2.53. The number of ether oxygens (including phenoxy) is 1. The van der Waals surface area contributed by atoms with E-state index in [1.807, 2.05) is 0 Å². The third kappa shape index (κ3) is 4.47. The first-order chi connectivity index (χ1) is 12.1. The lowest BCUT2D eigenvalue weighted by Gasteiger charge is -2.34. The zero-order valence-corrected chi connectivity index (χ0v) is 13.5. The van der Waals surface area contributed by atoms with Gasteiger partial charge in [-0.05, 0) is 24.6 Å². The van der Waals surface area contributed by atoms with Crippen LogP contribution in [0.5, 0.6) is 0 Å². The smallest absolute Gasteiger partial charge is 0.460 e. The molecule has 0 bridgehead atoms. The summed E-state index contributed by atoms with van der Waals surface area (Å²) in [6.07, 6.45) is -11.9. The Labute approximate surface area is 146 Å². The van der Waals surface area contributed by atoms with Crippen molar-refractivity contribution >= 4 is 5.97 Å². The molecule has 1 N–H and O–H groups in total. The van der Waals surface area contributed by atoms with Crippen molar-refractivity contribution < 1.29 is 54.2 Å². The van der Waals surface area contributed by atoms with Crippen LogP contribution in [0.4, 0.5) is 39.5 Å². The minimum Gasteiger partial charge on any atom is -0.462 e. The van der Waals surface area contributed by atoms with Gasteiger partial charge in [0.1, 0.15) is 0 Å². The molecule has 0 spiro atoms. The minimum atomic E-state index is -7.03. The van der Waals surface area contributed by atoms with E-state index in [2.05, 4.69) is 4.74 Å². The molecule has 0 aliphatic carbocycles. The van der Waals surface area contributed by atoms with Crippen molar-refractivity contribution in [3.05, 3.63) is 35.4 Å². The van der Waals surface area contributed by atoms with Gasteiger partial charge >= 0.3 is 29.9 Å². The van der Waals surface area contributed by atoms with Crippen molar-refractivity contribution in [1.29, 1.82) is 0 Å². The first-order valence-corrected chi connectivity index (χ1v) is 7.23. The summed E-state index contributed by atoms with van der Waals surface area (Å²) in [5.74, 6) is -20.7. The summed E-state index contributed by atoms with van der Waals surface area (Å²) in [6.45, 7) is 1.38. The fraction of sp³-hybridized carbons (Fsp3) is 0.533. The van der Waals surface area contributed by atoms with Crippen molar-refractivity contribution in [2.75, 3.05) is 6.61 Å². The number of hydrogen-bond donors (Lipinski definition) is 1. The van der Waals surface area contributed by atoms with Crippen LogP contribution in [-0.2, 0) is 4.74 Å². The molecule has 3 nitrogen and oxygen atoms in total. The van der Waals surface area contributed by atoms with Crippen molar-refractivity contribution in [1.82, 2.24) is 0 Å². The fourth-order valence-electron chi connectivity index (χ4n) is 1.98. The normalized spacial score (nSPS) is 14.8. The van der Waals surface area contributed by atoms with Gasteiger partial charge in [0.05, 0.1) is 18.3 Å². The third-order valence-electron chi connectivity index (χ3n) is 3.44. The average molecular weight is 412 g/mol. The van der Waals surface area contributed by atoms with Crippen molar-refractivity contribution in [2.45, 2.75) is 43.4 Å². The molecule has 0 saturated heterocycles. The van der Waals surface area contributed by atoms with Gasteiger partial charge in [-0.2, -0.15) is 39.5 Å². The highest BCUT2D eigenvalue weighted by Crippen LogP contribution is 2.55. The van der Waals surface area contributed by atoms with Crippen LogP contribution in [0.3, 0.4) is 0 Å². The summed E-state index contributed by atoms with van der Waals surface area (Å²) >= 11 is 0. The Kier molecular flexibility index (Phi) is 6.46. The lowest BCUT2D eigenvalue weighted by Crippen LogP contribution is -2.61. The SMILES string of the molecule is CCOC(=O)c1cccc(C(O)CC(F)(F)C(F)(F)C(F)(F)C(F)(F)F)c1. The van der Waals surface area contributed by atoms with Crippen LogP contribution < -0.4 is 0 Å². The molecule has 12 heteroatoms. The monoisotopic (exact) mass is 412 g/mol. The van der Waals surface area contributed by atoms with Gasteiger partial charge in [0.2, 0.25) is 0 Å². The van der Waals surface area contributed by atoms with E-state index >= 15 is 0 Å². The van der Waals surface area contributed by atoms with Crippen LogP contribution in [-0.4, -0.2) is 41.6 Å². The maximum absolute atomic E-state index is 13.6. The molecule has 154 valence electrons. The maximum Gasteiger partial charge on any atom is 0.460 e. The second-order valence-electron chi connectivity index (χ2n) is 5.42. The Balaban J connectivity index is 3.12. The lowest BCUT2D eigenvalue weighted by atomic mass is 9.94. The molecule has 1 aromatic carbocycles. The fourth-order valence-corrected chi connectivity index (χ4v) is 1.98. The minimum absolute atomic E-state index is 0.0670. The van der Waals surface area contributed by atoms with E-state index in [1.165, 1.54) is 6.92 Å². The number of aliphatic hydroxyl groups is 1. The van der Waals surface area contributed by atoms with Crippen LogP contribution in [0.1, 0.15) is 35.4 Å². The Bertz CT molecular complexity index is 671. The quantitative estimate of drug-likeness (QED) is 0.519. The first kappa shape index (κ1) is 23.1. The number of alkyl halides is 9. The molecular formula is C15H13F9O3. The number of aliphatic hydroxyl groups excluding tert-OH is 1. The van der Waals surface area contributed by atoms with Gasteiger partial charge in [-0.25, -0.2) is 4.79 Å². The second-order valence-corrected chi connectivity index (χ2v) is 5.42. The molecule has 0 saturated carbocycles. The first-order valence-electron chi connectivity index (χ1n) is 7.23. The molecule has 0 aliphatic rings. The number of carbonyl (C=O) groups excluding carboxylic acids is 1. The zero-order valence-electron chi connectivity index (χ0n) is 13.5. The molecule has 0 aliphatic heterocycles. The van der Waals surface area contributed by atoms with Crippen LogP contribution in [0.25, 0.3) is 0 Å². The topological polar surface area (TPSA) is 46.5 Å². The Morgan fingerprint density at radius 1 is 1.04 bits per heavy atom. The summed E-state index contributed by atoms with van der Waals surface area (Å²) in [5, 5.41) is 9.63. The summed E-state index contributed by atoms with van der Waals surface area (Å²) in [7, 11) is 0. The number of rotatable bonds is 7. The van der Waals surface area contributed by atoms with Gasteiger partial charge in [-0.1, -0.05) is 12.1 Å². The van der Waals surface area contributed by atoms with Crippen molar-refractivity contribution in [2.24, 2.45) is 0 Å². The maximum atomic E-state index is 13.6. The molecule has 0 heterocycles. The highest BCUT2D eigenvalue weighted by atomic mass is 19.4. The number of benzene rings is 1. The number of carbonyl (C=O) groups is 1. The van der Waals surface area contributed by atoms with E-state index in [9.17, 15) is 49.4 Å².